The van der Waals surface area contributed by atoms with Crippen LogP contribution in [0, 0.1) is 11.3 Å². The number of carbonyl (C=O) groups excluding carboxylic acids is 1. The number of anilines is 1. The summed E-state index contributed by atoms with van der Waals surface area (Å²) in [6, 6.07) is 2.05. The number of aliphatic imine (C=N–C) groups is 1. The molecule has 31 heavy (non-hydrogen) atoms. The highest BCUT2D eigenvalue weighted by Gasteiger charge is 2.33. The van der Waals surface area contributed by atoms with Crippen molar-refractivity contribution >= 4 is 29.1 Å². The number of aromatic amines is 1. The Morgan fingerprint density at radius 2 is 2.35 bits per heavy atom. The fraction of sp³-hybridized carbons (Fsp3) is 0.450. The van der Waals surface area contributed by atoms with Gasteiger partial charge in [0.05, 0.1) is 23.2 Å². The molecule has 1 amide bonds. The summed E-state index contributed by atoms with van der Waals surface area (Å²) >= 11 is 0. The molecule has 0 radical (unpaired) electrons. The maximum absolute atomic E-state index is 14.6. The first-order valence-electron chi connectivity index (χ1n) is 10.1. The largest absolute Gasteiger partial charge is 0.469 e. The molecule has 1 fully saturated rings. The van der Waals surface area contributed by atoms with Crippen molar-refractivity contribution in [2.24, 2.45) is 10.7 Å². The molecule has 0 aromatic carbocycles. The van der Waals surface area contributed by atoms with Gasteiger partial charge in [0.15, 0.2) is 0 Å². The van der Waals surface area contributed by atoms with Gasteiger partial charge >= 0.3 is 0 Å². The highest BCUT2D eigenvalue weighted by atomic mass is 19.1. The van der Waals surface area contributed by atoms with E-state index in [0.717, 1.165) is 0 Å². The summed E-state index contributed by atoms with van der Waals surface area (Å²) in [7, 11) is 0. The van der Waals surface area contributed by atoms with Crippen LogP contribution < -0.4 is 15.8 Å². The number of nitrogens with zero attached hydrogens (tertiary/aromatic N) is 5. The Morgan fingerprint density at radius 1 is 1.55 bits per heavy atom. The number of halogens is 1. The van der Waals surface area contributed by atoms with Gasteiger partial charge in [-0.15, -0.1) is 0 Å². The molecule has 11 heteroatoms. The van der Waals surface area contributed by atoms with E-state index in [4.69, 9.17) is 10.5 Å². The van der Waals surface area contributed by atoms with E-state index in [1.54, 1.807) is 11.8 Å². The number of H-pyrrole nitrogens is 1. The number of nitriles is 1. The van der Waals surface area contributed by atoms with Crippen molar-refractivity contribution < 1.29 is 13.9 Å². The normalized spacial score (nSPS) is 19.5. The molecule has 3 heterocycles. The first-order chi connectivity index (χ1) is 15.0. The summed E-state index contributed by atoms with van der Waals surface area (Å²) in [6.07, 6.45) is 2.65. The zero-order valence-electron chi connectivity index (χ0n) is 17.4. The van der Waals surface area contributed by atoms with Gasteiger partial charge in [0, 0.05) is 38.1 Å². The molecule has 1 saturated heterocycles. The van der Waals surface area contributed by atoms with Crippen molar-refractivity contribution in [3.63, 3.8) is 0 Å². The molecule has 2 aromatic heterocycles. The SMILES string of the molecule is CCN=CC(=CN)Nc1nc(O[C@@H]2CN(C(=O)CC)CC[C@H]2F)c2c(C#N)c[nH]c2n1. The number of likely N-dealkylation sites (tertiary alicyclic amines) is 1. The summed E-state index contributed by atoms with van der Waals surface area (Å²) in [5.74, 6) is 0.122. The Hall–Kier alpha value is -3.68. The van der Waals surface area contributed by atoms with E-state index in [2.05, 4.69) is 31.3 Å². The fourth-order valence-corrected chi connectivity index (χ4v) is 3.26. The van der Waals surface area contributed by atoms with Crippen molar-refractivity contribution in [2.75, 3.05) is 25.0 Å². The molecule has 0 aliphatic carbocycles. The Kier molecular flexibility index (Phi) is 7.02. The van der Waals surface area contributed by atoms with Gasteiger partial charge in [-0.1, -0.05) is 6.92 Å². The lowest BCUT2D eigenvalue weighted by molar-refractivity contribution is -0.135. The van der Waals surface area contributed by atoms with E-state index >= 15 is 0 Å². The van der Waals surface area contributed by atoms with Gasteiger partial charge < -0.3 is 25.7 Å². The Morgan fingerprint density at radius 3 is 3.03 bits per heavy atom. The first kappa shape index (κ1) is 22.0. The predicted octanol–water partition coefficient (Wildman–Crippen LogP) is 1.86. The van der Waals surface area contributed by atoms with E-state index < -0.39 is 12.3 Å². The number of piperidine rings is 1. The first-order valence-corrected chi connectivity index (χ1v) is 10.1. The van der Waals surface area contributed by atoms with E-state index in [-0.39, 0.29) is 36.3 Å². The highest BCUT2D eigenvalue weighted by molar-refractivity contribution is 5.89. The average molecular weight is 428 g/mol. The molecule has 2 aromatic rings. The fourth-order valence-electron chi connectivity index (χ4n) is 3.26. The Balaban J connectivity index is 1.95. The lowest BCUT2D eigenvalue weighted by atomic mass is 10.1. The molecule has 2 atom stereocenters. The third kappa shape index (κ3) is 4.91. The van der Waals surface area contributed by atoms with Gasteiger partial charge in [0.1, 0.15) is 24.0 Å². The molecule has 4 N–H and O–H groups in total. The second kappa shape index (κ2) is 9.88. The summed E-state index contributed by atoms with van der Waals surface area (Å²) in [5, 5.41) is 12.7. The quantitative estimate of drug-likeness (QED) is 0.571. The molecule has 10 nitrogen and oxygen atoms in total. The van der Waals surface area contributed by atoms with Crippen molar-refractivity contribution in [1.29, 1.82) is 5.26 Å². The number of allylic oxidation sites excluding steroid dienone is 1. The van der Waals surface area contributed by atoms with Crippen molar-refractivity contribution in [2.45, 2.75) is 39.0 Å². The number of nitrogens with one attached hydrogen (secondary N) is 2. The van der Waals surface area contributed by atoms with Crippen LogP contribution >= 0.6 is 0 Å². The smallest absolute Gasteiger partial charge is 0.232 e. The lowest BCUT2D eigenvalue weighted by Gasteiger charge is -2.34. The van der Waals surface area contributed by atoms with Crippen molar-refractivity contribution in [3.05, 3.63) is 23.7 Å². The minimum atomic E-state index is -1.28. The number of hydrogen-bond acceptors (Lipinski definition) is 8. The Bertz CT molecular complexity index is 1040. The maximum atomic E-state index is 14.6. The molecule has 0 bridgehead atoms. The van der Waals surface area contributed by atoms with Crippen LogP contribution in [0.2, 0.25) is 0 Å². The zero-order chi connectivity index (χ0) is 22.4. The number of amides is 1. The van der Waals surface area contributed by atoms with E-state index in [0.29, 0.717) is 36.2 Å². The topological polar surface area (TPSA) is 145 Å². The standard InChI is InChI=1S/C20H25FN8O2/c1-3-16(30)29-6-5-14(21)15(11-29)31-19-17-12(7-22)9-25-18(17)27-20(28-19)26-13(8-23)10-24-4-2/h8-10,14-15H,3-6,11,23H2,1-2H3,(H2,25,26,27,28)/t14-,15-/m1/s1. The number of ether oxygens (including phenoxy) is 1. The van der Waals surface area contributed by atoms with E-state index in [1.807, 2.05) is 6.92 Å². The lowest BCUT2D eigenvalue weighted by Crippen LogP contribution is -2.50. The molecule has 1 aliphatic heterocycles. The van der Waals surface area contributed by atoms with Crippen LogP contribution in [0.4, 0.5) is 10.3 Å². The molecule has 164 valence electrons. The van der Waals surface area contributed by atoms with Crippen molar-refractivity contribution in [1.82, 2.24) is 19.9 Å². The van der Waals surface area contributed by atoms with Gasteiger partial charge in [-0.05, 0) is 13.3 Å². The zero-order valence-corrected chi connectivity index (χ0v) is 17.4. The molecule has 0 spiro atoms. The van der Waals surface area contributed by atoms with E-state index in [9.17, 15) is 14.4 Å². The number of fused-ring (bicyclic) bond motifs is 1. The monoisotopic (exact) mass is 428 g/mol. The Labute approximate surface area is 179 Å². The average Bonchev–Trinajstić information content (AvgIpc) is 3.20. The van der Waals surface area contributed by atoms with Gasteiger partial charge in [0.25, 0.3) is 0 Å². The molecule has 0 saturated carbocycles. The summed E-state index contributed by atoms with van der Waals surface area (Å²) in [4.78, 5) is 29.4. The van der Waals surface area contributed by atoms with Gasteiger partial charge in [-0.2, -0.15) is 15.2 Å². The number of rotatable bonds is 7. The summed E-state index contributed by atoms with van der Waals surface area (Å²) in [6.45, 7) is 4.66. The second-order valence-electron chi connectivity index (χ2n) is 6.92. The maximum Gasteiger partial charge on any atom is 0.232 e. The highest BCUT2D eigenvalue weighted by Crippen LogP contribution is 2.30. The van der Waals surface area contributed by atoms with Crippen molar-refractivity contribution in [3.8, 4) is 11.9 Å². The van der Waals surface area contributed by atoms with Crippen LogP contribution in [0.25, 0.3) is 11.0 Å². The number of hydrogen-bond donors (Lipinski definition) is 3. The molecule has 1 aliphatic rings. The van der Waals surface area contributed by atoms with Gasteiger partial charge in [0.2, 0.25) is 17.7 Å². The predicted molar refractivity (Wildman–Crippen MR) is 114 cm³/mol. The van der Waals surface area contributed by atoms with Gasteiger partial charge in [-0.3, -0.25) is 9.79 Å². The molecule has 0 unspecified atom stereocenters. The second-order valence-corrected chi connectivity index (χ2v) is 6.92. The number of aromatic nitrogens is 3. The molecule has 3 rings (SSSR count). The van der Waals surface area contributed by atoms with Gasteiger partial charge in [-0.25, -0.2) is 4.39 Å². The van der Waals surface area contributed by atoms with Crippen LogP contribution in [0.3, 0.4) is 0 Å². The molecular weight excluding hydrogens is 403 g/mol. The van der Waals surface area contributed by atoms with Crippen LogP contribution in [0.1, 0.15) is 32.3 Å². The van der Waals surface area contributed by atoms with Crippen LogP contribution in [0.15, 0.2) is 23.1 Å². The van der Waals surface area contributed by atoms with Crippen LogP contribution in [-0.4, -0.2) is 63.9 Å². The number of nitrogens with two attached hydrogens (primary N) is 1. The minimum absolute atomic E-state index is 0.0487. The minimum Gasteiger partial charge on any atom is -0.469 e. The number of alkyl halides is 1. The molecular formula is C20H25FN8O2. The van der Waals surface area contributed by atoms with E-state index in [1.165, 1.54) is 18.6 Å². The summed E-state index contributed by atoms with van der Waals surface area (Å²) < 4.78 is 20.6. The van der Waals surface area contributed by atoms with Crippen LogP contribution in [-0.2, 0) is 4.79 Å². The number of carbonyl (C=O) groups is 1. The van der Waals surface area contributed by atoms with Crippen LogP contribution in [0.5, 0.6) is 5.88 Å². The summed E-state index contributed by atoms with van der Waals surface area (Å²) in [5.41, 5.74) is 6.70. The third-order valence-electron chi connectivity index (χ3n) is 4.86. The third-order valence-corrected chi connectivity index (χ3v) is 4.86.